The number of anilines is 1. The number of sulfonamides is 1. The minimum absolute atomic E-state index is 0.112. The summed E-state index contributed by atoms with van der Waals surface area (Å²) in [6.07, 6.45) is 9.76. The van der Waals surface area contributed by atoms with Gasteiger partial charge in [-0.1, -0.05) is 39.0 Å². The number of thiol groups is 1. The molecule has 1 rings (SSSR count). The molecule has 1 amide bonds. The van der Waals surface area contributed by atoms with Gasteiger partial charge in [-0.05, 0) is 36.4 Å². The molecule has 8 nitrogen and oxygen atoms in total. The Hall–Kier alpha value is -2.29. The molecule has 0 aliphatic rings. The molecule has 172 valence electrons. The number of hydrogen-bond donors (Lipinski definition) is 3. The largest absolute Gasteiger partial charge is 0.366 e. The van der Waals surface area contributed by atoms with E-state index in [2.05, 4.69) is 24.3 Å². The van der Waals surface area contributed by atoms with Crippen LogP contribution in [-0.4, -0.2) is 28.5 Å². The smallest absolute Gasteiger partial charge is 0.255 e. The van der Waals surface area contributed by atoms with Crippen molar-refractivity contribution in [2.24, 2.45) is 5.73 Å². The third kappa shape index (κ3) is 14.4. The molecule has 0 aliphatic carbocycles. The summed E-state index contributed by atoms with van der Waals surface area (Å²) < 4.78 is 48.7. The summed E-state index contributed by atoms with van der Waals surface area (Å²) in [5.74, 6) is 0.156. The SMILES string of the molecule is CCCCCCCCS.N#CC=CS(=O)(=O)Nc1ccc(S(=O)(=O)C=CC(N)=O)cc1. The van der Waals surface area contributed by atoms with Gasteiger partial charge in [-0.3, -0.25) is 9.52 Å². The van der Waals surface area contributed by atoms with Crippen molar-refractivity contribution in [3.05, 3.63) is 47.2 Å². The predicted octanol–water partition coefficient (Wildman–Crippen LogP) is 3.51. The second kappa shape index (κ2) is 15.5. The third-order valence-corrected chi connectivity index (χ3v) is 6.44. The van der Waals surface area contributed by atoms with Crippen LogP contribution >= 0.6 is 12.6 Å². The van der Waals surface area contributed by atoms with Gasteiger partial charge in [0.05, 0.1) is 16.4 Å². The molecule has 0 fully saturated rings. The summed E-state index contributed by atoms with van der Waals surface area (Å²) in [6, 6.07) is 6.31. The molecule has 1 aromatic rings. The number of carbonyl (C=O) groups is 1. The fraction of sp³-hybridized carbons (Fsp3) is 0.400. The van der Waals surface area contributed by atoms with E-state index in [-0.39, 0.29) is 10.6 Å². The van der Waals surface area contributed by atoms with E-state index in [1.54, 1.807) is 0 Å². The lowest BCUT2D eigenvalue weighted by molar-refractivity contribution is -0.113. The van der Waals surface area contributed by atoms with Crippen LogP contribution in [0.15, 0.2) is 52.1 Å². The number of carbonyl (C=O) groups excluding carboxylic acids is 1. The highest BCUT2D eigenvalue weighted by molar-refractivity contribution is 7.95. The summed E-state index contributed by atoms with van der Waals surface area (Å²) in [5, 5.41) is 9.61. The number of allylic oxidation sites excluding steroid dienone is 1. The fourth-order valence-electron chi connectivity index (χ4n) is 2.16. The number of hydrogen-bond acceptors (Lipinski definition) is 7. The fourth-order valence-corrected chi connectivity index (χ4v) is 4.14. The van der Waals surface area contributed by atoms with Crippen molar-refractivity contribution >= 4 is 44.1 Å². The van der Waals surface area contributed by atoms with Crippen molar-refractivity contribution in [2.45, 2.75) is 50.3 Å². The summed E-state index contributed by atoms with van der Waals surface area (Å²) in [6.45, 7) is 2.25. The third-order valence-electron chi connectivity index (χ3n) is 3.69. The van der Waals surface area contributed by atoms with Gasteiger partial charge in [0.15, 0.2) is 9.84 Å². The number of unbranched alkanes of at least 4 members (excludes halogenated alkanes) is 5. The van der Waals surface area contributed by atoms with Crippen LogP contribution in [0.25, 0.3) is 0 Å². The highest BCUT2D eigenvalue weighted by atomic mass is 32.2. The number of nitriles is 1. The van der Waals surface area contributed by atoms with E-state index in [1.807, 2.05) is 0 Å². The maximum Gasteiger partial charge on any atom is 0.255 e. The van der Waals surface area contributed by atoms with Crippen molar-refractivity contribution in [3.63, 3.8) is 0 Å². The Labute approximate surface area is 190 Å². The Morgan fingerprint density at radius 1 is 1.06 bits per heavy atom. The molecule has 31 heavy (non-hydrogen) atoms. The van der Waals surface area contributed by atoms with Crippen LogP contribution in [0.1, 0.15) is 45.4 Å². The monoisotopic (exact) mass is 487 g/mol. The predicted molar refractivity (Wildman–Crippen MR) is 126 cm³/mol. The molecule has 0 spiro atoms. The summed E-state index contributed by atoms with van der Waals surface area (Å²) in [5.41, 5.74) is 4.93. The summed E-state index contributed by atoms with van der Waals surface area (Å²) >= 11 is 4.15. The van der Waals surface area contributed by atoms with E-state index in [1.165, 1.54) is 56.7 Å². The number of nitrogens with one attached hydrogen (secondary N) is 1. The zero-order chi connectivity index (χ0) is 23.8. The number of nitrogens with zero attached hydrogens (tertiary/aromatic N) is 1. The molecule has 0 aromatic heterocycles. The second-order valence-corrected chi connectivity index (χ2v) is 10.2. The summed E-state index contributed by atoms with van der Waals surface area (Å²) in [7, 11) is -7.69. The summed E-state index contributed by atoms with van der Waals surface area (Å²) in [4.78, 5) is 10.4. The zero-order valence-electron chi connectivity index (χ0n) is 17.4. The minimum atomic E-state index is -3.85. The van der Waals surface area contributed by atoms with Crippen LogP contribution in [0.2, 0.25) is 0 Å². The molecule has 0 bridgehead atoms. The second-order valence-electron chi connectivity index (χ2n) is 6.34. The van der Waals surface area contributed by atoms with Crippen molar-refractivity contribution < 1.29 is 21.6 Å². The lowest BCUT2D eigenvalue weighted by atomic mass is 10.1. The number of rotatable bonds is 12. The van der Waals surface area contributed by atoms with Gasteiger partial charge in [-0.25, -0.2) is 16.8 Å². The molecule has 11 heteroatoms. The molecule has 0 atom stereocenters. The molecular formula is C20H29N3O5S3. The molecule has 0 saturated heterocycles. The van der Waals surface area contributed by atoms with Crippen LogP contribution in [0.3, 0.4) is 0 Å². The zero-order valence-corrected chi connectivity index (χ0v) is 19.9. The quantitative estimate of drug-likeness (QED) is 0.178. The van der Waals surface area contributed by atoms with E-state index in [9.17, 15) is 21.6 Å². The minimum Gasteiger partial charge on any atom is -0.366 e. The number of amides is 1. The van der Waals surface area contributed by atoms with Gasteiger partial charge in [0.2, 0.25) is 5.91 Å². The first kappa shape index (κ1) is 28.7. The number of primary amides is 1. The molecule has 0 radical (unpaired) electrons. The Kier molecular flexibility index (Phi) is 14.4. The van der Waals surface area contributed by atoms with Crippen LogP contribution in [0.5, 0.6) is 0 Å². The Balaban J connectivity index is 0.000000842. The van der Waals surface area contributed by atoms with E-state index >= 15 is 0 Å². The molecule has 3 N–H and O–H groups in total. The van der Waals surface area contributed by atoms with Gasteiger partial charge >= 0.3 is 0 Å². The Bertz CT molecular complexity index is 972. The van der Waals surface area contributed by atoms with Crippen LogP contribution in [0, 0.1) is 11.3 Å². The topological polar surface area (TPSA) is 147 Å². The van der Waals surface area contributed by atoms with Crippen LogP contribution in [0.4, 0.5) is 5.69 Å². The first-order chi connectivity index (χ1) is 14.6. The highest BCUT2D eigenvalue weighted by Crippen LogP contribution is 2.17. The average Bonchev–Trinajstić information content (AvgIpc) is 2.71. The van der Waals surface area contributed by atoms with Gasteiger partial charge in [-0.2, -0.15) is 17.9 Å². The van der Waals surface area contributed by atoms with E-state index in [4.69, 9.17) is 11.0 Å². The molecule has 0 heterocycles. The molecular weight excluding hydrogens is 458 g/mol. The van der Waals surface area contributed by atoms with Gasteiger partial charge < -0.3 is 5.73 Å². The molecule has 0 unspecified atom stereocenters. The van der Waals surface area contributed by atoms with Gasteiger partial charge in [0.25, 0.3) is 10.0 Å². The van der Waals surface area contributed by atoms with Crippen molar-refractivity contribution in [1.82, 2.24) is 0 Å². The van der Waals surface area contributed by atoms with Gasteiger partial charge in [0, 0.05) is 23.2 Å². The first-order valence-electron chi connectivity index (χ1n) is 9.60. The first-order valence-corrected chi connectivity index (χ1v) is 13.3. The molecule has 0 saturated carbocycles. The lowest BCUT2D eigenvalue weighted by Crippen LogP contribution is -2.09. The van der Waals surface area contributed by atoms with E-state index in [0.29, 0.717) is 16.9 Å². The van der Waals surface area contributed by atoms with Crippen molar-refractivity contribution in [3.8, 4) is 6.07 Å². The van der Waals surface area contributed by atoms with Crippen molar-refractivity contribution in [2.75, 3.05) is 10.5 Å². The maximum atomic E-state index is 11.8. The van der Waals surface area contributed by atoms with E-state index < -0.39 is 25.8 Å². The molecule has 0 aliphatic heterocycles. The van der Waals surface area contributed by atoms with Gasteiger partial charge in [0.1, 0.15) is 0 Å². The number of benzene rings is 1. The Morgan fingerprint density at radius 2 is 1.65 bits per heavy atom. The normalized spacial score (nSPS) is 11.6. The highest BCUT2D eigenvalue weighted by Gasteiger charge is 2.12. The van der Waals surface area contributed by atoms with Gasteiger partial charge in [-0.15, -0.1) is 0 Å². The lowest BCUT2D eigenvalue weighted by Gasteiger charge is -2.05. The maximum absolute atomic E-state index is 11.8. The van der Waals surface area contributed by atoms with Crippen LogP contribution < -0.4 is 10.5 Å². The number of nitrogens with two attached hydrogens (primary N) is 1. The standard InChI is InChI=1S/C12H11N3O5S2.C8H18S/c13-7-1-8-22(19,20)15-10-2-4-11(5-3-10)21(17,18)9-6-12(14)16;1-2-3-4-5-6-7-8-9/h1-6,8-9,15H,(H2,14,16);9H,2-8H2,1H3. The van der Waals surface area contributed by atoms with E-state index in [0.717, 1.165) is 24.0 Å². The number of sulfone groups is 1. The van der Waals surface area contributed by atoms with Crippen LogP contribution in [-0.2, 0) is 24.7 Å². The Morgan fingerprint density at radius 3 is 2.16 bits per heavy atom. The van der Waals surface area contributed by atoms with Crippen molar-refractivity contribution in [1.29, 1.82) is 5.26 Å². The molecule has 1 aromatic carbocycles. The average molecular weight is 488 g/mol.